The number of nitrogens with zero attached hydrogens (tertiary/aromatic N) is 4. The molecule has 1 unspecified atom stereocenters. The number of fused-ring (bicyclic) bond motifs is 2. The Bertz CT molecular complexity index is 1120. The number of piperidine rings is 2. The van der Waals surface area contributed by atoms with Crippen molar-refractivity contribution in [2.75, 3.05) is 6.61 Å². The second-order valence-electron chi connectivity index (χ2n) is 8.71. The zero-order valence-corrected chi connectivity index (χ0v) is 18.1. The molecule has 0 radical (unpaired) electrons. The van der Waals surface area contributed by atoms with Gasteiger partial charge in [-0.2, -0.15) is 0 Å². The Morgan fingerprint density at radius 2 is 2.00 bits per heavy atom. The molecular formula is C25H25FN4O2. The van der Waals surface area contributed by atoms with Gasteiger partial charge in [-0.25, -0.2) is 14.4 Å². The average molecular weight is 432 g/mol. The van der Waals surface area contributed by atoms with Crippen LogP contribution in [-0.2, 0) is 0 Å². The Hall–Kier alpha value is -3.35. The lowest BCUT2D eigenvalue weighted by atomic mass is 9.64. The Morgan fingerprint density at radius 3 is 2.72 bits per heavy atom. The van der Waals surface area contributed by atoms with Crippen molar-refractivity contribution < 1.29 is 13.9 Å². The van der Waals surface area contributed by atoms with Crippen molar-refractivity contribution in [2.24, 2.45) is 11.8 Å². The highest BCUT2D eigenvalue weighted by atomic mass is 19.1. The molecule has 32 heavy (non-hydrogen) atoms. The molecular weight excluding hydrogens is 407 g/mol. The van der Waals surface area contributed by atoms with Crippen molar-refractivity contribution >= 4 is 5.91 Å². The van der Waals surface area contributed by atoms with E-state index in [0.29, 0.717) is 24.1 Å². The van der Waals surface area contributed by atoms with Gasteiger partial charge in [0.1, 0.15) is 18.1 Å². The van der Waals surface area contributed by atoms with Crippen molar-refractivity contribution in [3.05, 3.63) is 72.1 Å². The maximum atomic E-state index is 13.9. The van der Waals surface area contributed by atoms with Gasteiger partial charge in [0, 0.05) is 29.6 Å². The topological polar surface area (TPSA) is 68.2 Å². The fourth-order valence-electron chi connectivity index (χ4n) is 4.86. The third kappa shape index (κ3) is 3.72. The summed E-state index contributed by atoms with van der Waals surface area (Å²) in [6.07, 6.45) is 4.86. The minimum absolute atomic E-state index is 0.0926. The van der Waals surface area contributed by atoms with Crippen LogP contribution in [0.5, 0.6) is 5.88 Å². The summed E-state index contributed by atoms with van der Waals surface area (Å²) in [4.78, 5) is 28.9. The molecule has 3 aromatic heterocycles. The molecule has 164 valence electrons. The lowest BCUT2D eigenvalue weighted by molar-refractivity contribution is -0.0676. The number of carbonyl (C=O) groups is 1. The number of pyridine rings is 3. The largest absolute Gasteiger partial charge is 0.475 e. The minimum atomic E-state index is -0.408. The fraction of sp³-hybridized carbons (Fsp3) is 0.360. The monoisotopic (exact) mass is 432 g/mol. The molecule has 2 aliphatic heterocycles. The van der Waals surface area contributed by atoms with E-state index in [1.165, 1.54) is 12.1 Å². The highest BCUT2D eigenvalue weighted by Gasteiger charge is 2.51. The molecule has 7 heteroatoms. The first-order valence-corrected chi connectivity index (χ1v) is 11.0. The molecule has 1 amide bonds. The van der Waals surface area contributed by atoms with Crippen LogP contribution in [0.2, 0.25) is 0 Å². The van der Waals surface area contributed by atoms with E-state index in [9.17, 15) is 9.18 Å². The average Bonchev–Trinajstić information content (AvgIpc) is 2.78. The molecule has 0 spiro atoms. The van der Waals surface area contributed by atoms with Gasteiger partial charge in [-0.1, -0.05) is 13.0 Å². The number of amides is 1. The molecule has 3 aromatic rings. The summed E-state index contributed by atoms with van der Waals surface area (Å²) in [5.74, 6) is 0.721. The number of hydrogen-bond donors (Lipinski definition) is 0. The van der Waals surface area contributed by atoms with Gasteiger partial charge in [-0.05, 0) is 61.9 Å². The predicted molar refractivity (Wildman–Crippen MR) is 118 cm³/mol. The molecule has 1 saturated carbocycles. The van der Waals surface area contributed by atoms with Crippen LogP contribution in [0, 0.1) is 24.6 Å². The summed E-state index contributed by atoms with van der Waals surface area (Å²) in [6.45, 7) is 4.37. The first kappa shape index (κ1) is 20.5. The molecule has 2 saturated heterocycles. The molecule has 0 aromatic carbocycles. The van der Waals surface area contributed by atoms with Gasteiger partial charge in [0.05, 0.1) is 17.9 Å². The summed E-state index contributed by atoms with van der Waals surface area (Å²) >= 11 is 0. The molecule has 6 rings (SSSR count). The zero-order chi connectivity index (χ0) is 22.2. The fourth-order valence-corrected chi connectivity index (χ4v) is 4.86. The van der Waals surface area contributed by atoms with Crippen LogP contribution < -0.4 is 4.74 Å². The Kier molecular flexibility index (Phi) is 5.33. The maximum Gasteiger partial charge on any atom is 0.273 e. The van der Waals surface area contributed by atoms with Crippen LogP contribution in [-0.4, -0.2) is 44.4 Å². The van der Waals surface area contributed by atoms with Crippen molar-refractivity contribution in [1.82, 2.24) is 19.9 Å². The van der Waals surface area contributed by atoms with E-state index in [-0.39, 0.29) is 23.9 Å². The third-order valence-corrected chi connectivity index (χ3v) is 6.77. The van der Waals surface area contributed by atoms with Crippen molar-refractivity contribution in [1.29, 1.82) is 0 Å². The number of aromatic nitrogens is 3. The van der Waals surface area contributed by atoms with Crippen LogP contribution in [0.25, 0.3) is 11.3 Å². The Labute approximate surface area is 186 Å². The van der Waals surface area contributed by atoms with Crippen molar-refractivity contribution in [2.45, 2.75) is 38.8 Å². The smallest absolute Gasteiger partial charge is 0.273 e. The first-order chi connectivity index (χ1) is 15.5. The van der Waals surface area contributed by atoms with E-state index in [1.807, 2.05) is 42.2 Å². The van der Waals surface area contributed by atoms with E-state index in [2.05, 4.69) is 21.9 Å². The number of ether oxygens (including phenoxy) is 1. The SMILES string of the molecule is Cc1ccc(-c2ccccn2)c(C(=O)N2C3CC(C3)[C@@H](C)C2COc2ccc(F)cn2)n1. The Balaban J connectivity index is 1.46. The maximum absolute atomic E-state index is 13.9. The van der Waals surface area contributed by atoms with Gasteiger partial charge < -0.3 is 9.64 Å². The number of halogens is 1. The number of carbonyl (C=O) groups excluding carboxylic acids is 1. The minimum Gasteiger partial charge on any atom is -0.475 e. The highest BCUT2D eigenvalue weighted by molar-refractivity contribution is 5.99. The standard InChI is InChI=1S/C25H25FN4O2/c1-15-6-8-20(21-5-3-4-10-27-21)24(29-15)25(31)30-19-11-17(12-19)16(2)22(30)14-32-23-9-7-18(26)13-28-23/h3-10,13,16-17,19,22H,11-12,14H2,1-2H3/t16-,17?,19?,22?/m1/s1. The number of aryl methyl sites for hydroxylation is 1. The van der Waals surface area contributed by atoms with Gasteiger partial charge in [-0.15, -0.1) is 0 Å². The van der Waals surface area contributed by atoms with Crippen molar-refractivity contribution in [3.8, 4) is 17.1 Å². The number of rotatable bonds is 5. The Morgan fingerprint density at radius 1 is 1.16 bits per heavy atom. The second kappa shape index (κ2) is 8.30. The predicted octanol–water partition coefficient (Wildman–Crippen LogP) is 4.30. The lowest BCUT2D eigenvalue weighted by Gasteiger charge is -2.57. The molecule has 3 fully saturated rings. The molecule has 1 aliphatic carbocycles. The molecule has 2 bridgehead atoms. The molecule has 6 nitrogen and oxygen atoms in total. The lowest BCUT2D eigenvalue weighted by Crippen LogP contribution is -2.64. The van der Waals surface area contributed by atoms with Crippen LogP contribution in [0.3, 0.4) is 0 Å². The van der Waals surface area contributed by atoms with E-state index in [4.69, 9.17) is 4.74 Å². The summed E-state index contributed by atoms with van der Waals surface area (Å²) < 4.78 is 19.1. The first-order valence-electron chi connectivity index (χ1n) is 11.0. The third-order valence-electron chi connectivity index (χ3n) is 6.77. The van der Waals surface area contributed by atoms with Gasteiger partial charge in [0.25, 0.3) is 5.91 Å². The quantitative estimate of drug-likeness (QED) is 0.601. The second-order valence-corrected chi connectivity index (χ2v) is 8.71. The van der Waals surface area contributed by atoms with Crippen molar-refractivity contribution in [3.63, 3.8) is 0 Å². The highest BCUT2D eigenvalue weighted by Crippen LogP contribution is 2.47. The van der Waals surface area contributed by atoms with Crippen LogP contribution in [0.1, 0.15) is 35.9 Å². The van der Waals surface area contributed by atoms with Gasteiger partial charge in [-0.3, -0.25) is 9.78 Å². The summed E-state index contributed by atoms with van der Waals surface area (Å²) in [6, 6.07) is 12.4. The summed E-state index contributed by atoms with van der Waals surface area (Å²) in [7, 11) is 0. The van der Waals surface area contributed by atoms with Crippen LogP contribution in [0.15, 0.2) is 54.9 Å². The van der Waals surface area contributed by atoms with Crippen LogP contribution >= 0.6 is 0 Å². The summed E-state index contributed by atoms with van der Waals surface area (Å²) in [5, 5.41) is 0. The van der Waals surface area contributed by atoms with E-state index >= 15 is 0 Å². The summed E-state index contributed by atoms with van der Waals surface area (Å²) in [5.41, 5.74) is 2.66. The van der Waals surface area contributed by atoms with Gasteiger partial charge in [0.15, 0.2) is 0 Å². The molecule has 0 N–H and O–H groups in total. The number of hydrogen-bond acceptors (Lipinski definition) is 5. The molecule has 5 heterocycles. The normalized spacial score (nSPS) is 24.0. The van der Waals surface area contributed by atoms with E-state index in [1.54, 1.807) is 6.20 Å². The van der Waals surface area contributed by atoms with Gasteiger partial charge in [0.2, 0.25) is 5.88 Å². The molecule has 3 aliphatic rings. The van der Waals surface area contributed by atoms with Crippen LogP contribution in [0.4, 0.5) is 4.39 Å². The van der Waals surface area contributed by atoms with E-state index in [0.717, 1.165) is 36.0 Å². The zero-order valence-electron chi connectivity index (χ0n) is 18.1. The van der Waals surface area contributed by atoms with Gasteiger partial charge >= 0.3 is 0 Å². The molecule has 2 atom stereocenters. The van der Waals surface area contributed by atoms with E-state index < -0.39 is 5.82 Å².